The second-order valence-corrected chi connectivity index (χ2v) is 14.8. The van der Waals surface area contributed by atoms with Crippen molar-refractivity contribution in [2.75, 3.05) is 6.61 Å². The van der Waals surface area contributed by atoms with Crippen molar-refractivity contribution < 1.29 is 33.0 Å². The maximum absolute atomic E-state index is 11.6. The molecule has 0 N–H and O–H groups in total. The zero-order valence-corrected chi connectivity index (χ0v) is 21.8. The first kappa shape index (κ1) is 26.2. The number of esters is 2. The molecule has 1 aliphatic rings. The molecule has 0 aromatic heterocycles. The Labute approximate surface area is 192 Å². The molecule has 1 aromatic rings. The lowest BCUT2D eigenvalue weighted by Crippen LogP contribution is -2.54. The van der Waals surface area contributed by atoms with Gasteiger partial charge in [-0.05, 0) is 30.3 Å². The van der Waals surface area contributed by atoms with E-state index >= 15 is 0 Å². The molecule has 8 heteroatoms. The second-order valence-electron chi connectivity index (χ2n) is 10.1. The van der Waals surface area contributed by atoms with Crippen LogP contribution in [0.1, 0.15) is 48.5 Å². The van der Waals surface area contributed by atoms with Crippen LogP contribution in [0.15, 0.2) is 24.3 Å². The van der Waals surface area contributed by atoms with E-state index in [0.29, 0.717) is 11.5 Å². The Morgan fingerprint density at radius 3 is 2.12 bits per heavy atom. The maximum Gasteiger partial charge on any atom is 0.303 e. The van der Waals surface area contributed by atoms with Crippen LogP contribution >= 0.6 is 0 Å². The molecule has 1 aliphatic heterocycles. The minimum atomic E-state index is -2.08. The lowest BCUT2D eigenvalue weighted by atomic mass is 9.84. The topological polar surface area (TPSA) is 80.3 Å². The second kappa shape index (κ2) is 10.3. The monoisotopic (exact) mass is 466 g/mol. The first-order valence-electron chi connectivity index (χ1n) is 11.1. The Morgan fingerprint density at radius 1 is 1.00 bits per heavy atom. The molecule has 0 spiro atoms. The quantitative estimate of drug-likeness (QED) is 0.416. The highest BCUT2D eigenvalue weighted by atomic mass is 28.4. The Hall–Kier alpha value is -2.06. The predicted molar refractivity (Wildman–Crippen MR) is 124 cm³/mol. The zero-order chi connectivity index (χ0) is 24.3. The number of benzene rings is 1. The Morgan fingerprint density at radius 2 is 1.59 bits per heavy atom. The lowest BCUT2D eigenvalue weighted by molar-refractivity contribution is -0.248. The van der Waals surface area contributed by atoms with Gasteiger partial charge in [-0.15, -0.1) is 0 Å². The lowest BCUT2D eigenvalue weighted by Gasteiger charge is -2.43. The summed E-state index contributed by atoms with van der Waals surface area (Å²) in [5, 5.41) is 0.0373. The summed E-state index contributed by atoms with van der Waals surface area (Å²) in [5.74, 6) is 0.283. The van der Waals surface area contributed by atoms with Crippen molar-refractivity contribution in [2.45, 2.75) is 85.1 Å². The summed E-state index contributed by atoms with van der Waals surface area (Å²) in [5.41, 5.74) is 0. The molecule has 0 aliphatic carbocycles. The molecule has 5 atom stereocenters. The molecule has 0 unspecified atom stereocenters. The van der Waals surface area contributed by atoms with Gasteiger partial charge in [0.25, 0.3) is 8.32 Å². The van der Waals surface area contributed by atoms with Crippen molar-refractivity contribution in [3.05, 3.63) is 24.3 Å². The maximum atomic E-state index is 11.6. The molecule has 0 bridgehead atoms. The van der Waals surface area contributed by atoms with Gasteiger partial charge in [-0.2, -0.15) is 0 Å². The fourth-order valence-electron chi connectivity index (χ4n) is 3.29. The van der Waals surface area contributed by atoms with E-state index in [4.69, 9.17) is 23.4 Å². The van der Waals surface area contributed by atoms with Gasteiger partial charge in [-0.3, -0.25) is 9.59 Å². The molecular formula is C24H38O7Si. The number of carbonyl (C=O) groups excluding carboxylic acids is 2. The molecule has 2 rings (SSSR count). The normalized spacial score (nSPS) is 26.2. The van der Waals surface area contributed by atoms with Crippen LogP contribution in [0.2, 0.25) is 18.1 Å². The highest BCUT2D eigenvalue weighted by Crippen LogP contribution is 2.41. The summed E-state index contributed by atoms with van der Waals surface area (Å²) < 4.78 is 29.7. The molecule has 0 radical (unpaired) electrons. The van der Waals surface area contributed by atoms with Gasteiger partial charge in [-0.25, -0.2) is 0 Å². The first-order chi connectivity index (χ1) is 14.7. The highest BCUT2D eigenvalue weighted by molar-refractivity contribution is 6.74. The van der Waals surface area contributed by atoms with E-state index in [-0.39, 0.29) is 23.5 Å². The van der Waals surface area contributed by atoms with Crippen LogP contribution in [0.5, 0.6) is 11.5 Å². The van der Waals surface area contributed by atoms with Gasteiger partial charge >= 0.3 is 11.9 Å². The number of para-hydroxylation sites is 2. The van der Waals surface area contributed by atoms with E-state index in [0.717, 1.165) is 0 Å². The van der Waals surface area contributed by atoms with Crippen LogP contribution in [0, 0.1) is 11.8 Å². The largest absolute Gasteiger partial charge is 0.541 e. The van der Waals surface area contributed by atoms with Crippen LogP contribution in [0.25, 0.3) is 0 Å². The number of ether oxygens (including phenoxy) is 4. The van der Waals surface area contributed by atoms with Gasteiger partial charge in [0.05, 0.1) is 0 Å². The third-order valence-electron chi connectivity index (χ3n) is 6.47. The Kier molecular flexibility index (Phi) is 8.39. The van der Waals surface area contributed by atoms with Gasteiger partial charge in [0.2, 0.25) is 6.29 Å². The van der Waals surface area contributed by atoms with Crippen molar-refractivity contribution in [2.24, 2.45) is 11.8 Å². The SMILES string of the molecule is CC(=O)OC[C@H]1O[C@@H](Oc2ccccc2O[Si](C)(C)C(C)(C)C)[C@H](C)[C@@H](C)[C@H]1OC(C)=O. The summed E-state index contributed by atoms with van der Waals surface area (Å²) in [6.07, 6.45) is -1.80. The summed E-state index contributed by atoms with van der Waals surface area (Å²) in [6.45, 7) is 17.6. The molecule has 1 aromatic carbocycles. The van der Waals surface area contributed by atoms with Gasteiger partial charge in [-0.1, -0.05) is 46.8 Å². The molecule has 1 fully saturated rings. The fourth-order valence-corrected chi connectivity index (χ4v) is 4.31. The number of rotatable bonds is 7. The Bertz CT molecular complexity index is 802. The molecule has 7 nitrogen and oxygen atoms in total. The molecule has 180 valence electrons. The third-order valence-corrected chi connectivity index (χ3v) is 10.8. The summed E-state index contributed by atoms with van der Waals surface area (Å²) in [4.78, 5) is 23.0. The van der Waals surface area contributed by atoms with Crippen molar-refractivity contribution in [1.29, 1.82) is 0 Å². The first-order valence-corrected chi connectivity index (χ1v) is 14.0. The number of hydrogen-bond acceptors (Lipinski definition) is 7. The Balaban J connectivity index is 2.27. The minimum Gasteiger partial charge on any atom is -0.541 e. The van der Waals surface area contributed by atoms with E-state index in [1.54, 1.807) is 0 Å². The highest BCUT2D eigenvalue weighted by Gasteiger charge is 2.45. The van der Waals surface area contributed by atoms with Crippen molar-refractivity contribution in [3.8, 4) is 11.5 Å². The van der Waals surface area contributed by atoms with E-state index < -0.39 is 38.8 Å². The van der Waals surface area contributed by atoms with Crippen LogP contribution in [-0.2, 0) is 23.8 Å². The van der Waals surface area contributed by atoms with Crippen LogP contribution < -0.4 is 9.16 Å². The van der Waals surface area contributed by atoms with Crippen LogP contribution in [0.4, 0.5) is 0 Å². The van der Waals surface area contributed by atoms with Crippen molar-refractivity contribution in [3.63, 3.8) is 0 Å². The van der Waals surface area contributed by atoms with Gasteiger partial charge in [0, 0.05) is 25.7 Å². The van der Waals surface area contributed by atoms with Crippen LogP contribution in [-0.4, -0.2) is 45.4 Å². The van der Waals surface area contributed by atoms with Gasteiger partial charge in [0.15, 0.2) is 5.75 Å². The average Bonchev–Trinajstić information content (AvgIpc) is 2.66. The standard InChI is InChI=1S/C24H38O7Si/c1-15-16(2)23(30-21(14-27-17(3)25)22(15)28-18(4)26)29-19-12-10-11-13-20(19)31-32(8,9)24(5,6)7/h10-13,15-16,21-23H,14H2,1-9H3/t15-,16-,21-,22-,23-/m1/s1. The van der Waals surface area contributed by atoms with Crippen molar-refractivity contribution >= 4 is 20.3 Å². The van der Waals surface area contributed by atoms with Crippen LogP contribution in [0.3, 0.4) is 0 Å². The third kappa shape index (κ3) is 6.48. The van der Waals surface area contributed by atoms with E-state index in [2.05, 4.69) is 33.9 Å². The van der Waals surface area contributed by atoms with Crippen molar-refractivity contribution in [1.82, 2.24) is 0 Å². The fraction of sp³-hybridized carbons (Fsp3) is 0.667. The minimum absolute atomic E-state index is 0.0215. The molecule has 0 saturated carbocycles. The number of hydrogen-bond donors (Lipinski definition) is 0. The molecule has 0 amide bonds. The summed E-state index contributed by atoms with van der Waals surface area (Å²) >= 11 is 0. The summed E-state index contributed by atoms with van der Waals surface area (Å²) in [6, 6.07) is 7.58. The average molecular weight is 467 g/mol. The van der Waals surface area contributed by atoms with E-state index in [1.807, 2.05) is 38.1 Å². The van der Waals surface area contributed by atoms with Gasteiger partial charge in [0.1, 0.15) is 24.6 Å². The summed E-state index contributed by atoms with van der Waals surface area (Å²) in [7, 11) is -2.08. The molecule has 1 heterocycles. The predicted octanol–water partition coefficient (Wildman–Crippen LogP) is 4.94. The molecular weight excluding hydrogens is 428 g/mol. The van der Waals surface area contributed by atoms with E-state index in [1.165, 1.54) is 13.8 Å². The van der Waals surface area contributed by atoms with E-state index in [9.17, 15) is 9.59 Å². The smallest absolute Gasteiger partial charge is 0.303 e. The van der Waals surface area contributed by atoms with Gasteiger partial charge < -0.3 is 23.4 Å². The zero-order valence-electron chi connectivity index (χ0n) is 20.8. The molecule has 1 saturated heterocycles. The number of carbonyl (C=O) groups is 2. The molecule has 32 heavy (non-hydrogen) atoms.